The fourth-order valence-electron chi connectivity index (χ4n) is 2.23. The number of hydrogen-bond donors (Lipinski definition) is 0. The van der Waals surface area contributed by atoms with E-state index in [2.05, 4.69) is 15.0 Å². The van der Waals surface area contributed by atoms with Gasteiger partial charge in [-0.3, -0.25) is 4.57 Å². The molecule has 1 atom stereocenters. The van der Waals surface area contributed by atoms with E-state index in [0.717, 1.165) is 31.6 Å². The molecule has 2 aromatic heterocycles. The van der Waals surface area contributed by atoms with E-state index in [4.69, 9.17) is 27.9 Å². The molecular weight excluding hydrogens is 275 g/mol. The number of fused-ring (bicyclic) bond motifs is 1. The molecule has 1 aliphatic rings. The lowest BCUT2D eigenvalue weighted by atomic mass is 10.2. The Morgan fingerprint density at radius 3 is 2.78 bits per heavy atom. The third-order valence-corrected chi connectivity index (χ3v) is 3.52. The van der Waals surface area contributed by atoms with Gasteiger partial charge >= 0.3 is 0 Å². The SMILES string of the molecule is Cc1nc(Cl)nc2c1nc(Cl)n2C1CCCCO1. The van der Waals surface area contributed by atoms with Gasteiger partial charge in [-0.15, -0.1) is 0 Å². The summed E-state index contributed by atoms with van der Waals surface area (Å²) in [6, 6.07) is 0. The van der Waals surface area contributed by atoms with Gasteiger partial charge in [0.2, 0.25) is 10.6 Å². The molecule has 3 rings (SSSR count). The minimum atomic E-state index is -0.110. The zero-order valence-corrected chi connectivity index (χ0v) is 11.4. The minimum Gasteiger partial charge on any atom is -0.358 e. The van der Waals surface area contributed by atoms with E-state index >= 15 is 0 Å². The first kappa shape index (κ1) is 12.1. The molecule has 1 fully saturated rings. The lowest BCUT2D eigenvalue weighted by molar-refractivity contribution is -0.0296. The number of imidazole rings is 1. The largest absolute Gasteiger partial charge is 0.358 e. The van der Waals surface area contributed by atoms with Gasteiger partial charge in [-0.25, -0.2) is 9.97 Å². The summed E-state index contributed by atoms with van der Waals surface area (Å²) in [7, 11) is 0. The number of halogens is 2. The van der Waals surface area contributed by atoms with Gasteiger partial charge in [0.05, 0.1) is 5.69 Å². The molecule has 2 aromatic rings. The molecule has 0 amide bonds. The monoisotopic (exact) mass is 286 g/mol. The second-order valence-corrected chi connectivity index (χ2v) is 5.00. The molecule has 18 heavy (non-hydrogen) atoms. The lowest BCUT2D eigenvalue weighted by Gasteiger charge is -2.24. The van der Waals surface area contributed by atoms with Gasteiger partial charge in [-0.1, -0.05) is 0 Å². The van der Waals surface area contributed by atoms with Crippen LogP contribution >= 0.6 is 23.2 Å². The zero-order valence-electron chi connectivity index (χ0n) is 9.86. The second kappa shape index (κ2) is 4.64. The van der Waals surface area contributed by atoms with Crippen molar-refractivity contribution >= 4 is 34.4 Å². The predicted molar refractivity (Wildman–Crippen MR) is 68.9 cm³/mol. The van der Waals surface area contributed by atoms with E-state index in [1.54, 1.807) is 4.57 Å². The Kier molecular flexibility index (Phi) is 3.13. The number of rotatable bonds is 1. The van der Waals surface area contributed by atoms with Crippen LogP contribution in [0.25, 0.3) is 11.2 Å². The molecule has 7 heteroatoms. The Bertz CT molecular complexity index is 592. The van der Waals surface area contributed by atoms with Crippen molar-refractivity contribution in [1.29, 1.82) is 0 Å². The van der Waals surface area contributed by atoms with Gasteiger partial charge in [0.15, 0.2) is 5.65 Å². The van der Waals surface area contributed by atoms with Crippen molar-refractivity contribution < 1.29 is 4.74 Å². The molecule has 0 saturated carbocycles. The third kappa shape index (κ3) is 1.96. The maximum atomic E-state index is 6.19. The van der Waals surface area contributed by atoms with Crippen LogP contribution in [0.3, 0.4) is 0 Å². The number of aromatic nitrogens is 4. The molecular formula is C11H12Cl2N4O. The first-order valence-electron chi connectivity index (χ1n) is 5.86. The van der Waals surface area contributed by atoms with Gasteiger partial charge in [0.1, 0.15) is 11.7 Å². The summed E-state index contributed by atoms with van der Waals surface area (Å²) in [5.41, 5.74) is 2.05. The number of hydrogen-bond acceptors (Lipinski definition) is 4. The number of aryl methyl sites for hydroxylation is 1. The number of ether oxygens (including phenoxy) is 1. The molecule has 1 saturated heterocycles. The summed E-state index contributed by atoms with van der Waals surface area (Å²) >= 11 is 12.1. The summed E-state index contributed by atoms with van der Waals surface area (Å²) in [6.07, 6.45) is 2.99. The van der Waals surface area contributed by atoms with Crippen LogP contribution in [0.4, 0.5) is 0 Å². The van der Waals surface area contributed by atoms with Crippen LogP contribution in [0.2, 0.25) is 10.6 Å². The molecule has 0 aliphatic carbocycles. The molecule has 96 valence electrons. The van der Waals surface area contributed by atoms with Crippen LogP contribution in [0, 0.1) is 6.92 Å². The Labute approximate surface area is 114 Å². The molecule has 0 radical (unpaired) electrons. The van der Waals surface area contributed by atoms with E-state index in [1.807, 2.05) is 6.92 Å². The van der Waals surface area contributed by atoms with Crippen molar-refractivity contribution in [2.75, 3.05) is 6.61 Å². The van der Waals surface area contributed by atoms with Crippen LogP contribution in [0.5, 0.6) is 0 Å². The molecule has 1 aliphatic heterocycles. The molecule has 0 aromatic carbocycles. The van der Waals surface area contributed by atoms with Crippen molar-refractivity contribution in [3.05, 3.63) is 16.3 Å². The normalized spacial score (nSPS) is 20.5. The summed E-state index contributed by atoms with van der Waals surface area (Å²) in [5, 5.41) is 0.574. The van der Waals surface area contributed by atoms with Crippen molar-refractivity contribution in [2.24, 2.45) is 0 Å². The van der Waals surface area contributed by atoms with E-state index in [1.165, 1.54) is 0 Å². The Balaban J connectivity index is 2.18. The molecule has 0 N–H and O–H groups in total. The average Bonchev–Trinajstić information content (AvgIpc) is 2.67. The minimum absolute atomic E-state index is 0.110. The Morgan fingerprint density at radius 2 is 2.06 bits per heavy atom. The topological polar surface area (TPSA) is 52.8 Å². The first-order valence-corrected chi connectivity index (χ1v) is 6.61. The Morgan fingerprint density at radius 1 is 1.22 bits per heavy atom. The highest BCUT2D eigenvalue weighted by atomic mass is 35.5. The van der Waals surface area contributed by atoms with E-state index in [-0.39, 0.29) is 11.5 Å². The maximum absolute atomic E-state index is 6.19. The van der Waals surface area contributed by atoms with Gasteiger partial charge < -0.3 is 4.74 Å². The van der Waals surface area contributed by atoms with Crippen molar-refractivity contribution in [1.82, 2.24) is 19.5 Å². The van der Waals surface area contributed by atoms with Crippen molar-refractivity contribution in [3.63, 3.8) is 0 Å². The van der Waals surface area contributed by atoms with E-state index in [0.29, 0.717) is 16.4 Å². The smallest absolute Gasteiger partial charge is 0.224 e. The van der Waals surface area contributed by atoms with Gasteiger partial charge in [0.25, 0.3) is 0 Å². The van der Waals surface area contributed by atoms with Crippen molar-refractivity contribution in [3.8, 4) is 0 Å². The van der Waals surface area contributed by atoms with Gasteiger partial charge in [-0.2, -0.15) is 4.98 Å². The molecule has 0 spiro atoms. The highest BCUT2D eigenvalue weighted by molar-refractivity contribution is 6.30. The molecule has 5 nitrogen and oxygen atoms in total. The van der Waals surface area contributed by atoms with Gasteiger partial charge in [-0.05, 0) is 49.4 Å². The first-order chi connectivity index (χ1) is 8.66. The third-order valence-electron chi connectivity index (χ3n) is 3.09. The summed E-state index contributed by atoms with van der Waals surface area (Å²) in [4.78, 5) is 12.6. The molecule has 0 bridgehead atoms. The quantitative estimate of drug-likeness (QED) is 0.597. The summed E-state index contributed by atoms with van der Waals surface area (Å²) in [6.45, 7) is 2.57. The van der Waals surface area contributed by atoms with Crippen LogP contribution in [-0.2, 0) is 4.74 Å². The van der Waals surface area contributed by atoms with E-state index < -0.39 is 0 Å². The van der Waals surface area contributed by atoms with Crippen molar-refractivity contribution in [2.45, 2.75) is 32.4 Å². The average molecular weight is 287 g/mol. The summed E-state index contributed by atoms with van der Waals surface area (Å²) in [5.74, 6) is 0. The summed E-state index contributed by atoms with van der Waals surface area (Å²) < 4.78 is 7.53. The predicted octanol–water partition coefficient (Wildman–Crippen LogP) is 3.14. The molecule has 3 heterocycles. The van der Waals surface area contributed by atoms with Gasteiger partial charge in [0, 0.05) is 6.61 Å². The zero-order chi connectivity index (χ0) is 12.7. The number of nitrogens with zero attached hydrogens (tertiary/aromatic N) is 4. The fraction of sp³-hybridized carbons (Fsp3) is 0.545. The van der Waals surface area contributed by atoms with Crippen LogP contribution in [0.1, 0.15) is 31.2 Å². The lowest BCUT2D eigenvalue weighted by Crippen LogP contribution is -2.18. The van der Waals surface area contributed by atoms with Crippen LogP contribution in [0.15, 0.2) is 0 Å². The van der Waals surface area contributed by atoms with Crippen LogP contribution < -0.4 is 0 Å². The second-order valence-electron chi connectivity index (χ2n) is 4.32. The Hall–Kier alpha value is -0.910. The van der Waals surface area contributed by atoms with E-state index in [9.17, 15) is 0 Å². The highest BCUT2D eigenvalue weighted by Gasteiger charge is 2.23. The highest BCUT2D eigenvalue weighted by Crippen LogP contribution is 2.30. The standard InChI is InChI=1S/C11H12Cl2N4O/c1-6-8-9(16-10(12)14-6)17(11(13)15-8)7-4-2-3-5-18-7/h7H,2-5H2,1H3. The maximum Gasteiger partial charge on any atom is 0.224 e. The molecule has 1 unspecified atom stereocenters. The fourth-order valence-corrected chi connectivity index (χ4v) is 2.71. The van der Waals surface area contributed by atoms with Crippen LogP contribution in [-0.4, -0.2) is 26.1 Å².